The van der Waals surface area contributed by atoms with Crippen molar-refractivity contribution in [2.24, 2.45) is 0 Å². The SMILES string of the molecule is Cc1nc(SCc2cccc(F)c2)sc1CC(=O)O. The molecule has 0 radical (unpaired) electrons. The maximum atomic E-state index is 13.0. The summed E-state index contributed by atoms with van der Waals surface area (Å²) in [7, 11) is 0. The molecule has 1 aromatic carbocycles. The fourth-order valence-corrected chi connectivity index (χ4v) is 3.70. The molecule has 0 aliphatic carbocycles. The van der Waals surface area contributed by atoms with E-state index in [0.29, 0.717) is 5.75 Å². The van der Waals surface area contributed by atoms with Crippen LogP contribution in [0.15, 0.2) is 28.6 Å². The summed E-state index contributed by atoms with van der Waals surface area (Å²) >= 11 is 2.88. The summed E-state index contributed by atoms with van der Waals surface area (Å²) in [4.78, 5) is 15.8. The predicted molar refractivity (Wildman–Crippen MR) is 74.2 cm³/mol. The number of carboxylic acids is 1. The number of carboxylic acid groups (broad SMARTS) is 1. The van der Waals surface area contributed by atoms with Crippen molar-refractivity contribution >= 4 is 29.1 Å². The number of benzene rings is 1. The number of rotatable bonds is 5. The zero-order chi connectivity index (χ0) is 13.8. The molecule has 1 N–H and O–H groups in total. The molecule has 0 atom stereocenters. The zero-order valence-electron chi connectivity index (χ0n) is 10.2. The number of halogens is 1. The highest BCUT2D eigenvalue weighted by atomic mass is 32.2. The van der Waals surface area contributed by atoms with Gasteiger partial charge < -0.3 is 5.11 Å². The van der Waals surface area contributed by atoms with Crippen molar-refractivity contribution in [1.29, 1.82) is 0 Å². The summed E-state index contributed by atoms with van der Waals surface area (Å²) in [6, 6.07) is 6.43. The molecule has 6 heteroatoms. The Morgan fingerprint density at radius 3 is 3.00 bits per heavy atom. The summed E-state index contributed by atoms with van der Waals surface area (Å²) < 4.78 is 13.8. The standard InChI is InChI=1S/C13H12FNO2S2/c1-8-11(6-12(16)17)19-13(15-8)18-7-9-3-2-4-10(14)5-9/h2-5H,6-7H2,1H3,(H,16,17). The Bertz CT molecular complexity index is 598. The van der Waals surface area contributed by atoms with Crippen LogP contribution in [0.5, 0.6) is 0 Å². The quantitative estimate of drug-likeness (QED) is 0.858. The number of thioether (sulfide) groups is 1. The fourth-order valence-electron chi connectivity index (χ4n) is 1.54. The Hall–Kier alpha value is -1.40. The highest BCUT2D eigenvalue weighted by molar-refractivity contribution is 8.00. The van der Waals surface area contributed by atoms with E-state index in [4.69, 9.17) is 5.11 Å². The van der Waals surface area contributed by atoms with Crippen LogP contribution in [0.4, 0.5) is 4.39 Å². The lowest BCUT2D eigenvalue weighted by atomic mass is 10.2. The van der Waals surface area contributed by atoms with Crippen molar-refractivity contribution in [2.45, 2.75) is 23.4 Å². The lowest BCUT2D eigenvalue weighted by molar-refractivity contribution is -0.136. The van der Waals surface area contributed by atoms with Gasteiger partial charge in [0.2, 0.25) is 0 Å². The Morgan fingerprint density at radius 2 is 2.32 bits per heavy atom. The van der Waals surface area contributed by atoms with Crippen LogP contribution in [0.3, 0.4) is 0 Å². The molecule has 0 amide bonds. The average molecular weight is 297 g/mol. The Morgan fingerprint density at radius 1 is 1.53 bits per heavy atom. The summed E-state index contributed by atoms with van der Waals surface area (Å²) in [5.41, 5.74) is 1.65. The van der Waals surface area contributed by atoms with Crippen molar-refractivity contribution in [3.05, 3.63) is 46.2 Å². The monoisotopic (exact) mass is 297 g/mol. The minimum absolute atomic E-state index is 0.00399. The Labute approximate surface area is 118 Å². The van der Waals surface area contributed by atoms with Gasteiger partial charge in [-0.3, -0.25) is 4.79 Å². The van der Waals surface area contributed by atoms with E-state index >= 15 is 0 Å². The molecular weight excluding hydrogens is 285 g/mol. The number of nitrogens with zero attached hydrogens (tertiary/aromatic N) is 1. The first-order valence-corrected chi connectivity index (χ1v) is 7.40. The largest absolute Gasteiger partial charge is 0.481 e. The maximum Gasteiger partial charge on any atom is 0.308 e. The van der Waals surface area contributed by atoms with Gasteiger partial charge in [-0.2, -0.15) is 0 Å². The van der Waals surface area contributed by atoms with Crippen molar-refractivity contribution in [3.8, 4) is 0 Å². The van der Waals surface area contributed by atoms with Gasteiger partial charge in [0.25, 0.3) is 0 Å². The van der Waals surface area contributed by atoms with Crippen LogP contribution in [0, 0.1) is 12.7 Å². The molecule has 1 aromatic heterocycles. The second-order valence-electron chi connectivity index (χ2n) is 3.98. The van der Waals surface area contributed by atoms with Crippen LogP contribution >= 0.6 is 23.1 Å². The molecule has 0 spiro atoms. The topological polar surface area (TPSA) is 50.2 Å². The van der Waals surface area contributed by atoms with Crippen LogP contribution in [0.2, 0.25) is 0 Å². The van der Waals surface area contributed by atoms with E-state index in [1.807, 2.05) is 6.07 Å². The third-order valence-corrected chi connectivity index (χ3v) is 4.81. The van der Waals surface area contributed by atoms with E-state index in [0.717, 1.165) is 20.5 Å². The minimum Gasteiger partial charge on any atom is -0.481 e. The van der Waals surface area contributed by atoms with Gasteiger partial charge in [0, 0.05) is 10.6 Å². The lowest BCUT2D eigenvalue weighted by Crippen LogP contribution is -1.99. The second kappa shape index (κ2) is 6.16. The number of aryl methyl sites for hydroxylation is 1. The first kappa shape index (κ1) is 14.0. The molecular formula is C13H12FNO2S2. The van der Waals surface area contributed by atoms with Gasteiger partial charge in [0.15, 0.2) is 4.34 Å². The van der Waals surface area contributed by atoms with Crippen molar-refractivity contribution in [3.63, 3.8) is 0 Å². The number of aromatic nitrogens is 1. The average Bonchev–Trinajstić information content (AvgIpc) is 2.67. The van der Waals surface area contributed by atoms with Crippen LogP contribution in [-0.2, 0) is 17.0 Å². The molecule has 0 aliphatic heterocycles. The van der Waals surface area contributed by atoms with Crippen molar-refractivity contribution < 1.29 is 14.3 Å². The van der Waals surface area contributed by atoms with Gasteiger partial charge in [0.05, 0.1) is 12.1 Å². The molecule has 100 valence electrons. The van der Waals surface area contributed by atoms with Crippen molar-refractivity contribution in [1.82, 2.24) is 4.98 Å². The predicted octanol–water partition coefficient (Wildman–Crippen LogP) is 3.51. The third-order valence-electron chi connectivity index (χ3n) is 2.44. The molecule has 0 fully saturated rings. The van der Waals surface area contributed by atoms with E-state index in [1.165, 1.54) is 35.2 Å². The number of hydrogen-bond donors (Lipinski definition) is 1. The third kappa shape index (κ3) is 4.04. The molecule has 0 unspecified atom stereocenters. The van der Waals surface area contributed by atoms with Gasteiger partial charge in [-0.25, -0.2) is 9.37 Å². The summed E-state index contributed by atoms with van der Waals surface area (Å²) in [5, 5.41) is 8.77. The lowest BCUT2D eigenvalue weighted by Gasteiger charge is -1.98. The highest BCUT2D eigenvalue weighted by Gasteiger charge is 2.11. The summed E-state index contributed by atoms with van der Waals surface area (Å²) in [6.45, 7) is 1.81. The van der Waals surface area contributed by atoms with Gasteiger partial charge in [-0.15, -0.1) is 11.3 Å². The smallest absolute Gasteiger partial charge is 0.308 e. The van der Waals surface area contributed by atoms with Crippen LogP contribution in [-0.4, -0.2) is 16.1 Å². The number of aliphatic carboxylic acids is 1. The second-order valence-corrected chi connectivity index (χ2v) is 6.28. The van der Waals surface area contributed by atoms with Crippen molar-refractivity contribution in [2.75, 3.05) is 0 Å². The highest BCUT2D eigenvalue weighted by Crippen LogP contribution is 2.30. The van der Waals surface area contributed by atoms with Gasteiger partial charge in [-0.05, 0) is 24.6 Å². The van der Waals surface area contributed by atoms with E-state index in [9.17, 15) is 9.18 Å². The zero-order valence-corrected chi connectivity index (χ0v) is 11.9. The van der Waals surface area contributed by atoms with Gasteiger partial charge in [0.1, 0.15) is 5.82 Å². The number of hydrogen-bond acceptors (Lipinski definition) is 4. The van der Waals surface area contributed by atoms with Crippen LogP contribution in [0.25, 0.3) is 0 Å². The molecule has 1 heterocycles. The normalized spacial score (nSPS) is 10.6. The van der Waals surface area contributed by atoms with Crippen LogP contribution in [0.1, 0.15) is 16.1 Å². The Kier molecular flexibility index (Phi) is 4.55. The van der Waals surface area contributed by atoms with Crippen LogP contribution < -0.4 is 0 Å². The van der Waals surface area contributed by atoms with Gasteiger partial charge >= 0.3 is 5.97 Å². The molecule has 0 bridgehead atoms. The number of carbonyl (C=O) groups is 1. The summed E-state index contributed by atoms with van der Waals surface area (Å²) in [5.74, 6) is -0.481. The molecule has 19 heavy (non-hydrogen) atoms. The van der Waals surface area contributed by atoms with E-state index in [1.54, 1.807) is 13.0 Å². The molecule has 0 saturated carbocycles. The fraction of sp³-hybridized carbons (Fsp3) is 0.231. The molecule has 0 aliphatic rings. The first-order valence-electron chi connectivity index (χ1n) is 5.60. The Balaban J connectivity index is 2.02. The first-order chi connectivity index (χ1) is 9.04. The molecule has 2 rings (SSSR count). The van der Waals surface area contributed by atoms with Gasteiger partial charge in [-0.1, -0.05) is 23.9 Å². The molecule has 2 aromatic rings. The molecule has 0 saturated heterocycles. The maximum absolute atomic E-state index is 13.0. The van der Waals surface area contributed by atoms with E-state index in [2.05, 4.69) is 4.98 Å². The van der Waals surface area contributed by atoms with E-state index < -0.39 is 5.97 Å². The number of thiazole rings is 1. The molecule has 3 nitrogen and oxygen atoms in total. The summed E-state index contributed by atoms with van der Waals surface area (Å²) in [6.07, 6.45) is 0.00399. The minimum atomic E-state index is -0.853. The van der Waals surface area contributed by atoms with E-state index in [-0.39, 0.29) is 12.2 Å².